The van der Waals surface area contributed by atoms with Gasteiger partial charge in [-0.25, -0.2) is 9.97 Å². The van der Waals surface area contributed by atoms with Gasteiger partial charge in [-0.2, -0.15) is 0 Å². The van der Waals surface area contributed by atoms with Crippen molar-refractivity contribution in [2.45, 2.75) is 50.6 Å². The quantitative estimate of drug-likeness (QED) is 0.860. The van der Waals surface area contributed by atoms with Crippen molar-refractivity contribution in [2.24, 2.45) is 0 Å². The Balaban J connectivity index is 1.73. The van der Waals surface area contributed by atoms with Gasteiger partial charge in [-0.1, -0.05) is 0 Å². The van der Waals surface area contributed by atoms with Crippen molar-refractivity contribution in [3.63, 3.8) is 0 Å². The van der Waals surface area contributed by atoms with Crippen LogP contribution in [0.25, 0.3) is 11.2 Å². The van der Waals surface area contributed by atoms with Gasteiger partial charge in [0.1, 0.15) is 11.3 Å². The number of rotatable bonds is 3. The fraction of sp³-hybridized carbons (Fsp3) is 0.625. The fourth-order valence-electron chi connectivity index (χ4n) is 3.60. The smallest absolute Gasteiger partial charge is 0.160 e. The molecule has 4 heteroatoms. The maximum atomic E-state index is 4.89. The van der Waals surface area contributed by atoms with Gasteiger partial charge in [-0.3, -0.25) is 0 Å². The van der Waals surface area contributed by atoms with Crippen molar-refractivity contribution in [3.8, 4) is 0 Å². The highest BCUT2D eigenvalue weighted by atomic mass is 15.2. The van der Waals surface area contributed by atoms with Crippen LogP contribution < -0.4 is 0 Å². The number of likely N-dealkylation sites (tertiary alicyclic amines) is 1. The number of fused-ring (bicyclic) bond motifs is 1. The van der Waals surface area contributed by atoms with Gasteiger partial charge in [0.05, 0.1) is 0 Å². The molecule has 106 valence electrons. The zero-order valence-corrected chi connectivity index (χ0v) is 12.1. The first kappa shape index (κ1) is 12.3. The van der Waals surface area contributed by atoms with E-state index in [1.165, 1.54) is 44.5 Å². The molecule has 0 aromatic carbocycles. The maximum absolute atomic E-state index is 4.89. The largest absolute Gasteiger partial charge is 0.310 e. The van der Waals surface area contributed by atoms with E-state index in [0.29, 0.717) is 12.1 Å². The number of likely N-dealkylation sites (N-methyl/N-ethyl adjacent to an activating group) is 1. The third kappa shape index (κ3) is 1.94. The highest BCUT2D eigenvalue weighted by Crippen LogP contribution is 2.35. The van der Waals surface area contributed by atoms with Gasteiger partial charge in [-0.15, -0.1) is 0 Å². The van der Waals surface area contributed by atoms with E-state index >= 15 is 0 Å². The van der Waals surface area contributed by atoms with Crippen LogP contribution in [0.4, 0.5) is 0 Å². The van der Waals surface area contributed by atoms with E-state index in [1.807, 2.05) is 12.3 Å². The summed E-state index contributed by atoms with van der Waals surface area (Å²) >= 11 is 0. The van der Waals surface area contributed by atoms with Crippen molar-refractivity contribution < 1.29 is 0 Å². The molecule has 4 nitrogen and oxygen atoms in total. The average molecular weight is 270 g/mol. The molecule has 1 atom stereocenters. The van der Waals surface area contributed by atoms with Crippen LogP contribution >= 0.6 is 0 Å². The van der Waals surface area contributed by atoms with Crippen molar-refractivity contribution in [2.75, 3.05) is 13.6 Å². The number of aromatic nitrogens is 3. The normalized spacial score (nSPS) is 24.4. The van der Waals surface area contributed by atoms with Gasteiger partial charge in [0.15, 0.2) is 5.65 Å². The fourth-order valence-corrected chi connectivity index (χ4v) is 3.60. The monoisotopic (exact) mass is 270 g/mol. The number of pyridine rings is 1. The summed E-state index contributed by atoms with van der Waals surface area (Å²) in [5.74, 6) is 1.25. The van der Waals surface area contributed by atoms with Crippen molar-refractivity contribution >= 4 is 11.2 Å². The van der Waals surface area contributed by atoms with Crippen LogP contribution in [0.5, 0.6) is 0 Å². The van der Waals surface area contributed by atoms with E-state index in [4.69, 9.17) is 4.98 Å². The van der Waals surface area contributed by atoms with E-state index in [0.717, 1.165) is 17.6 Å². The predicted octanol–water partition coefficient (Wildman–Crippen LogP) is 2.79. The number of hydrogen-bond acceptors (Lipinski definition) is 3. The molecule has 1 aliphatic carbocycles. The van der Waals surface area contributed by atoms with Crippen molar-refractivity contribution in [3.05, 3.63) is 24.2 Å². The molecule has 20 heavy (non-hydrogen) atoms. The molecule has 1 saturated heterocycles. The second kappa shape index (κ2) is 4.85. The van der Waals surface area contributed by atoms with Crippen LogP contribution in [-0.2, 0) is 6.42 Å². The summed E-state index contributed by atoms with van der Waals surface area (Å²) in [6, 6.07) is 5.38. The molecule has 0 radical (unpaired) electrons. The Morgan fingerprint density at radius 2 is 2.15 bits per heavy atom. The summed E-state index contributed by atoms with van der Waals surface area (Å²) < 4.78 is 2.44. The topological polar surface area (TPSA) is 34.0 Å². The van der Waals surface area contributed by atoms with Crippen molar-refractivity contribution in [1.29, 1.82) is 0 Å². The minimum Gasteiger partial charge on any atom is -0.310 e. The Morgan fingerprint density at radius 1 is 1.25 bits per heavy atom. The van der Waals surface area contributed by atoms with Gasteiger partial charge < -0.3 is 9.47 Å². The minimum absolute atomic E-state index is 0.636. The maximum Gasteiger partial charge on any atom is 0.160 e. The first-order chi connectivity index (χ1) is 9.83. The van der Waals surface area contributed by atoms with Crippen LogP contribution in [0, 0.1) is 0 Å². The Kier molecular flexibility index (Phi) is 2.99. The van der Waals surface area contributed by atoms with Crippen LogP contribution in [0.15, 0.2) is 18.3 Å². The SMILES string of the molecule is CN1CCCC1Cc1nc2cccnc2n1C1CCC1. The first-order valence-electron chi connectivity index (χ1n) is 7.85. The highest BCUT2D eigenvalue weighted by Gasteiger charge is 2.28. The van der Waals surface area contributed by atoms with Crippen LogP contribution in [-0.4, -0.2) is 39.1 Å². The zero-order chi connectivity index (χ0) is 13.5. The zero-order valence-electron chi connectivity index (χ0n) is 12.1. The second-order valence-corrected chi connectivity index (χ2v) is 6.31. The molecule has 2 aliphatic rings. The molecule has 0 bridgehead atoms. The average Bonchev–Trinajstić information content (AvgIpc) is 2.94. The van der Waals surface area contributed by atoms with Crippen LogP contribution in [0.2, 0.25) is 0 Å². The Bertz CT molecular complexity index is 614. The van der Waals surface area contributed by atoms with E-state index in [1.54, 1.807) is 0 Å². The molecule has 2 fully saturated rings. The Labute approximate surface area is 119 Å². The summed E-state index contributed by atoms with van der Waals surface area (Å²) in [6.45, 7) is 1.23. The highest BCUT2D eigenvalue weighted by molar-refractivity contribution is 5.71. The lowest BCUT2D eigenvalue weighted by molar-refractivity contribution is 0.282. The Hall–Kier alpha value is -1.42. The van der Waals surface area contributed by atoms with Gasteiger partial charge in [0.25, 0.3) is 0 Å². The summed E-state index contributed by atoms with van der Waals surface area (Å²) in [6.07, 6.45) is 9.51. The van der Waals surface area contributed by atoms with Crippen LogP contribution in [0.1, 0.15) is 44.0 Å². The van der Waals surface area contributed by atoms with Crippen molar-refractivity contribution in [1.82, 2.24) is 19.4 Å². The van der Waals surface area contributed by atoms with Gasteiger partial charge in [-0.05, 0) is 57.8 Å². The van der Waals surface area contributed by atoms with E-state index < -0.39 is 0 Å². The molecule has 1 unspecified atom stereocenters. The molecule has 1 saturated carbocycles. The Morgan fingerprint density at radius 3 is 2.85 bits per heavy atom. The molecule has 2 aromatic rings. The standard InChI is InChI=1S/C16H22N4/c1-19-10-4-7-13(19)11-15-18-14-8-3-9-17-16(14)20(15)12-5-2-6-12/h3,8-9,12-13H,2,4-7,10-11H2,1H3. The third-order valence-corrected chi connectivity index (χ3v) is 5.05. The molecule has 4 rings (SSSR count). The number of imidazole rings is 1. The lowest BCUT2D eigenvalue weighted by Gasteiger charge is -2.29. The number of hydrogen-bond donors (Lipinski definition) is 0. The van der Waals surface area contributed by atoms with E-state index in [-0.39, 0.29) is 0 Å². The van der Waals surface area contributed by atoms with Gasteiger partial charge >= 0.3 is 0 Å². The molecule has 0 spiro atoms. The van der Waals surface area contributed by atoms with E-state index in [9.17, 15) is 0 Å². The summed E-state index contributed by atoms with van der Waals surface area (Å²) in [5, 5.41) is 0. The van der Waals surface area contributed by atoms with Gasteiger partial charge in [0, 0.05) is 24.7 Å². The minimum atomic E-state index is 0.636. The molecular formula is C16H22N4. The van der Waals surface area contributed by atoms with Crippen LogP contribution in [0.3, 0.4) is 0 Å². The van der Waals surface area contributed by atoms with E-state index in [2.05, 4.69) is 27.6 Å². The number of nitrogens with zero attached hydrogens (tertiary/aromatic N) is 4. The summed E-state index contributed by atoms with van der Waals surface area (Å²) in [4.78, 5) is 12.0. The first-order valence-corrected chi connectivity index (χ1v) is 7.85. The third-order valence-electron chi connectivity index (χ3n) is 5.05. The molecule has 2 aromatic heterocycles. The molecule has 0 amide bonds. The van der Waals surface area contributed by atoms with Gasteiger partial charge in [0.2, 0.25) is 0 Å². The molecule has 1 aliphatic heterocycles. The lowest BCUT2D eigenvalue weighted by atomic mass is 9.92. The molecular weight excluding hydrogens is 248 g/mol. The lowest BCUT2D eigenvalue weighted by Crippen LogP contribution is -2.29. The molecule has 0 N–H and O–H groups in total. The predicted molar refractivity (Wildman–Crippen MR) is 79.8 cm³/mol. The molecule has 3 heterocycles. The second-order valence-electron chi connectivity index (χ2n) is 6.31. The summed E-state index contributed by atoms with van der Waals surface area (Å²) in [7, 11) is 2.24. The summed E-state index contributed by atoms with van der Waals surface area (Å²) in [5.41, 5.74) is 2.16.